The van der Waals surface area contributed by atoms with Gasteiger partial charge in [0.05, 0.1) is 47.8 Å². The Hall–Kier alpha value is -9.52. The minimum Gasteiger partial charge on any atom is -0.455 e. The number of aliphatic hydroxyl groups excluding tert-OH is 1. The van der Waals surface area contributed by atoms with E-state index in [2.05, 4.69) is 26.3 Å². The number of benzene rings is 4. The van der Waals surface area contributed by atoms with Gasteiger partial charge in [0.1, 0.15) is 41.4 Å². The van der Waals surface area contributed by atoms with Gasteiger partial charge in [-0.3, -0.25) is 43.2 Å². The molecule has 0 radical (unpaired) electrons. The van der Waals surface area contributed by atoms with Gasteiger partial charge in [0.25, 0.3) is 11.8 Å². The van der Waals surface area contributed by atoms with Crippen molar-refractivity contribution in [1.29, 1.82) is 0 Å². The van der Waals surface area contributed by atoms with Crippen LogP contribution in [0.25, 0.3) is 10.9 Å². The van der Waals surface area contributed by atoms with Crippen molar-refractivity contribution in [1.82, 2.24) is 26.3 Å². The number of ketones is 2. The second-order valence-corrected chi connectivity index (χ2v) is 27.3. The molecule has 2 bridgehead atoms. The van der Waals surface area contributed by atoms with Crippen LogP contribution in [0.1, 0.15) is 155 Å². The van der Waals surface area contributed by atoms with E-state index in [1.807, 2.05) is 19.1 Å². The van der Waals surface area contributed by atoms with E-state index >= 15 is 9.59 Å². The number of nitrogens with one attached hydrogen (secondary N) is 4. The average Bonchev–Trinajstić information content (AvgIpc) is 0.673. The molecule has 98 heavy (non-hydrogen) atoms. The first-order chi connectivity index (χ1) is 46.5. The van der Waals surface area contributed by atoms with Crippen LogP contribution >= 0.6 is 0 Å². The van der Waals surface area contributed by atoms with Gasteiger partial charge in [-0.2, -0.15) is 0 Å². The Kier molecular flexibility index (Phi) is 22.6. The topological polar surface area (TPSA) is 378 Å². The van der Waals surface area contributed by atoms with Gasteiger partial charge in [-0.05, 0) is 99.6 Å². The Balaban J connectivity index is 0.855. The summed E-state index contributed by atoms with van der Waals surface area (Å²) >= 11 is 0. The fourth-order valence-electron chi connectivity index (χ4n) is 14.9. The number of rotatable bonds is 28. The summed E-state index contributed by atoms with van der Waals surface area (Å²) in [5, 5.41) is 37.6. The lowest BCUT2D eigenvalue weighted by molar-refractivity contribution is -0.312. The first kappa shape index (κ1) is 72.7. The van der Waals surface area contributed by atoms with Crippen molar-refractivity contribution in [2.24, 2.45) is 45.5 Å². The number of hydrogen-bond acceptors (Lipinski definition) is 18. The van der Waals surface area contributed by atoms with Crippen LogP contribution in [0.3, 0.4) is 0 Å². The molecule has 2 saturated carbocycles. The highest BCUT2D eigenvalue weighted by Gasteiger charge is 2.75. The van der Waals surface area contributed by atoms with E-state index in [0.717, 1.165) is 5.39 Å². The van der Waals surface area contributed by atoms with Crippen molar-refractivity contribution in [3.63, 3.8) is 0 Å². The number of nitrogens with two attached hydrogens (primary N) is 2. The number of amides is 6. The highest BCUT2D eigenvalue weighted by atomic mass is 16.6. The molecule has 10 N–H and O–H groups in total. The number of ether oxygens (including phenoxy) is 4. The molecule has 1 saturated heterocycles. The second-order valence-electron chi connectivity index (χ2n) is 27.3. The first-order valence-corrected chi connectivity index (χ1v) is 33.2. The summed E-state index contributed by atoms with van der Waals surface area (Å²) in [6.07, 6.45) is -8.31. The summed E-state index contributed by atoms with van der Waals surface area (Å²) in [7, 11) is 0. The van der Waals surface area contributed by atoms with Gasteiger partial charge in [-0.15, -0.1) is 0 Å². The summed E-state index contributed by atoms with van der Waals surface area (Å²) < 4.78 is 25.2. The van der Waals surface area contributed by atoms with Gasteiger partial charge in [-0.1, -0.05) is 119 Å². The molecule has 3 fully saturated rings. The van der Waals surface area contributed by atoms with Crippen LogP contribution in [0.15, 0.2) is 139 Å². The molecule has 24 heteroatoms. The maximum atomic E-state index is 15.5. The molecule has 14 atom stereocenters. The van der Waals surface area contributed by atoms with Crippen molar-refractivity contribution in [3.05, 3.63) is 161 Å². The Bertz CT molecular complexity index is 3890. The highest BCUT2D eigenvalue weighted by Crippen LogP contribution is 2.66. The first-order valence-electron chi connectivity index (χ1n) is 33.2. The quantitative estimate of drug-likeness (QED) is 0.0124. The van der Waals surface area contributed by atoms with Crippen molar-refractivity contribution in [2.75, 3.05) is 13.2 Å². The minimum atomic E-state index is -2.16. The zero-order valence-electron chi connectivity index (χ0n) is 56.1. The third kappa shape index (κ3) is 15.4. The normalized spacial score (nSPS) is 25.3. The number of esters is 3. The molecule has 2 heterocycles. The van der Waals surface area contributed by atoms with Gasteiger partial charge in [-0.25, -0.2) is 14.6 Å². The minimum absolute atomic E-state index is 0.0541. The summed E-state index contributed by atoms with van der Waals surface area (Å²) in [5.74, 6) is -11.3. The molecule has 24 nitrogen and oxygen atoms in total. The fourth-order valence-corrected chi connectivity index (χ4v) is 14.9. The molecular formula is C74H87N7O17. The Morgan fingerprint density at radius 1 is 0.724 bits per heavy atom. The van der Waals surface area contributed by atoms with E-state index in [1.54, 1.807) is 144 Å². The lowest BCUT2D eigenvalue weighted by Crippen LogP contribution is -2.77. The van der Waals surface area contributed by atoms with Gasteiger partial charge in [0.2, 0.25) is 29.7 Å². The Labute approximate surface area is 568 Å². The third-order valence-electron chi connectivity index (χ3n) is 20.6. The maximum absolute atomic E-state index is 15.5. The summed E-state index contributed by atoms with van der Waals surface area (Å²) in [6, 6.07) is 31.3. The van der Waals surface area contributed by atoms with E-state index in [-0.39, 0.29) is 80.7 Å². The monoisotopic (exact) mass is 1350 g/mol. The van der Waals surface area contributed by atoms with Gasteiger partial charge < -0.3 is 61.9 Å². The molecule has 6 amide bonds. The lowest BCUT2D eigenvalue weighted by Gasteiger charge is -2.68. The zero-order valence-corrected chi connectivity index (χ0v) is 56.1. The van der Waals surface area contributed by atoms with Crippen LogP contribution in [0, 0.1) is 34.0 Å². The van der Waals surface area contributed by atoms with E-state index in [0.29, 0.717) is 22.2 Å². The third-order valence-corrected chi connectivity index (χ3v) is 20.6. The number of fused-ring (bicyclic) bond motifs is 6. The SMILES string of the molecule is CC1=C2[C@@H](C)C(=O)[C@@]3(C)[C@H]([C@H](OC(=O)c4ccccc4)[C@](O)(C[C@@H]1OC(=O)[C@H](OC(=O)CCC(=O)NCCCCC(NC(=O)CC[C@H](CC(=O)C(C)NC(=O)c1ccc4ccccc4n1)C(N)=O)C(N)=O)[C@H](NC(=O)c1ccccc1)c1ccccc1)C2(C)C)[C@]1(C)CO[C@@H]1C[C@@H]3O. The van der Waals surface area contributed by atoms with Crippen LogP contribution in [0.5, 0.6) is 0 Å². The van der Waals surface area contributed by atoms with Gasteiger partial charge in [0, 0.05) is 78.2 Å². The van der Waals surface area contributed by atoms with Gasteiger partial charge in [0.15, 0.2) is 5.78 Å². The van der Waals surface area contributed by atoms with Crippen LogP contribution < -0.4 is 32.7 Å². The fraction of sp³-hybridized carbons (Fsp3) is 0.459. The largest absolute Gasteiger partial charge is 0.455 e. The molecule has 9 rings (SSSR count). The van der Waals surface area contributed by atoms with E-state index in [9.17, 15) is 53.4 Å². The average molecular weight is 1350 g/mol. The molecule has 1 aliphatic heterocycles. The predicted octanol–water partition coefficient (Wildman–Crippen LogP) is 5.94. The van der Waals surface area contributed by atoms with Crippen LogP contribution in [-0.4, -0.2) is 141 Å². The predicted molar refractivity (Wildman–Crippen MR) is 356 cm³/mol. The zero-order chi connectivity index (χ0) is 71.0. The van der Waals surface area contributed by atoms with E-state index in [1.165, 1.54) is 13.0 Å². The molecular weight excluding hydrogens is 1260 g/mol. The van der Waals surface area contributed by atoms with Crippen LogP contribution in [0.2, 0.25) is 0 Å². The smallest absolute Gasteiger partial charge is 0.350 e. The van der Waals surface area contributed by atoms with Crippen LogP contribution in [0.4, 0.5) is 0 Å². The number of Topliss-reactive ketones (excluding diaryl/α,β-unsaturated/α-hetero) is 2. The second kappa shape index (κ2) is 30.5. The number of aromatic nitrogens is 1. The number of primary amides is 2. The van der Waals surface area contributed by atoms with E-state index < -0.39 is 167 Å². The molecule has 5 aromatic rings. The Morgan fingerprint density at radius 2 is 1.37 bits per heavy atom. The van der Waals surface area contributed by atoms with Crippen molar-refractivity contribution in [2.45, 2.75) is 167 Å². The lowest BCUT2D eigenvalue weighted by atomic mass is 9.41. The van der Waals surface area contributed by atoms with E-state index in [4.69, 9.17) is 30.4 Å². The molecule has 4 aliphatic rings. The van der Waals surface area contributed by atoms with Crippen molar-refractivity contribution >= 4 is 75.8 Å². The molecule has 0 spiro atoms. The molecule has 3 aliphatic carbocycles. The number of pyridine rings is 1. The Morgan fingerprint density at radius 3 is 2.01 bits per heavy atom. The highest BCUT2D eigenvalue weighted by molar-refractivity contribution is 5.99. The standard InChI is InChI=1S/C74H87N7O17/c1-41-53(39-74(94)64(98-69(92)47-26-15-10-16-27-47)62-72(6)40-95-55(72)38-54(83)73(62,7)63(87)42(2)59(41)71(74,4)5)96-70(93)61(60(45-22-11-8-12-23-45)81-67(90)46-24-13-9-14-25-46)97-58(86)35-34-56(84)77-36-20-19-29-50(66(76)89)80-57(85)33-31-48(65(75)88)37-52(82)43(3)78-68(91)51-32-30-44-21-17-18-28-49(44)79-51/h8-18,21-28,30,32,42-43,48,50,53-55,60-62,64,83,94H,19-20,29,31,33-40H2,1-7H3,(H2,75,88)(H2,76,89)(H,77,84)(H,78,91)(H,80,85)(H,81,90)/t42-,43?,48-,50?,53+,54+,55-,60-,61-,62-,64+,72-,73-,74-/m1/s1. The molecule has 2 unspecified atom stereocenters. The maximum Gasteiger partial charge on any atom is 0.350 e. The summed E-state index contributed by atoms with van der Waals surface area (Å²) in [5.41, 5.74) is 7.29. The number of hydrogen-bond donors (Lipinski definition) is 8. The number of unbranched alkanes of at least 4 members (excludes halogenated alkanes) is 1. The number of carbonyl (C=O) groups excluding carboxylic acids is 11. The summed E-state index contributed by atoms with van der Waals surface area (Å²) in [4.78, 5) is 156. The number of nitrogens with zero attached hydrogens (tertiary/aromatic N) is 1. The number of para-hydroxylation sites is 1. The number of carbonyl (C=O) groups is 11. The van der Waals surface area contributed by atoms with Crippen molar-refractivity contribution in [3.8, 4) is 0 Å². The molecule has 1 aromatic heterocycles. The van der Waals surface area contributed by atoms with Crippen LogP contribution in [-0.2, 0) is 57.3 Å². The summed E-state index contributed by atoms with van der Waals surface area (Å²) in [6.45, 7) is 12.0. The van der Waals surface area contributed by atoms with Crippen molar-refractivity contribution < 1.29 is 81.9 Å². The van der Waals surface area contributed by atoms with Gasteiger partial charge >= 0.3 is 17.9 Å². The molecule has 520 valence electrons. The number of aliphatic hydroxyl groups is 2. The molecule has 4 aromatic carbocycles.